The number of sulfonamides is 1. The number of sulfone groups is 1. The maximum atomic E-state index is 14.9. The third-order valence-electron chi connectivity index (χ3n) is 6.52. The molecule has 1 aliphatic carbocycles. The Labute approximate surface area is 196 Å². The lowest BCUT2D eigenvalue weighted by atomic mass is 9.78. The lowest BCUT2D eigenvalue weighted by Gasteiger charge is -2.40. The normalized spacial score (nSPS) is 24.5. The van der Waals surface area contributed by atoms with Gasteiger partial charge in [0.05, 0.1) is 23.7 Å². The van der Waals surface area contributed by atoms with Crippen LogP contribution in [0.15, 0.2) is 47.4 Å². The fourth-order valence-corrected chi connectivity index (χ4v) is 8.74. The number of ketones is 1. The Kier molecular flexibility index (Phi) is 6.41. The first kappa shape index (κ1) is 24.3. The lowest BCUT2D eigenvalue weighted by Crippen LogP contribution is -2.52. The summed E-state index contributed by atoms with van der Waals surface area (Å²) < 4.78 is 81.0. The molecule has 178 valence electrons. The fourth-order valence-electron chi connectivity index (χ4n) is 4.63. The van der Waals surface area contributed by atoms with Crippen LogP contribution in [0.5, 0.6) is 0 Å². The van der Waals surface area contributed by atoms with Crippen LogP contribution in [0.2, 0.25) is 5.02 Å². The molecular weight excluding hydrogens is 496 g/mol. The average Bonchev–Trinajstić information content (AvgIpc) is 2.74. The summed E-state index contributed by atoms with van der Waals surface area (Å²) in [6, 6.07) is 8.22. The number of nitrogens with zero attached hydrogens (tertiary/aromatic N) is 1. The molecule has 11 heteroatoms. The highest BCUT2D eigenvalue weighted by Crippen LogP contribution is 2.49. The first-order valence-corrected chi connectivity index (χ1v) is 13.9. The summed E-state index contributed by atoms with van der Waals surface area (Å²) in [4.78, 5) is 11.1. The number of benzene rings is 2. The minimum absolute atomic E-state index is 0.0688. The molecule has 0 spiro atoms. The van der Waals surface area contributed by atoms with E-state index in [2.05, 4.69) is 0 Å². The molecule has 0 amide bonds. The Balaban J connectivity index is 1.68. The minimum atomic E-state index is -4.19. The summed E-state index contributed by atoms with van der Waals surface area (Å²) >= 11 is 5.89. The van der Waals surface area contributed by atoms with Gasteiger partial charge in [-0.05, 0) is 74.1 Å². The predicted octanol–water partition coefficient (Wildman–Crippen LogP) is 3.69. The van der Waals surface area contributed by atoms with Crippen LogP contribution >= 0.6 is 11.6 Å². The van der Waals surface area contributed by atoms with Crippen LogP contribution in [-0.4, -0.2) is 45.8 Å². The highest BCUT2D eigenvalue weighted by Gasteiger charge is 2.50. The molecule has 6 nitrogen and oxygen atoms in total. The zero-order valence-corrected chi connectivity index (χ0v) is 19.9. The second kappa shape index (κ2) is 8.72. The fraction of sp³-hybridized carbons (Fsp3) is 0.409. The molecule has 2 fully saturated rings. The van der Waals surface area contributed by atoms with Gasteiger partial charge in [-0.2, -0.15) is 4.31 Å². The highest BCUT2D eigenvalue weighted by molar-refractivity contribution is 7.92. The largest absolute Gasteiger partial charge is 0.297 e. The van der Waals surface area contributed by atoms with E-state index in [1.165, 1.54) is 24.3 Å². The zero-order valence-electron chi connectivity index (χ0n) is 17.5. The summed E-state index contributed by atoms with van der Waals surface area (Å²) in [6.45, 7) is -0.281. The van der Waals surface area contributed by atoms with E-state index in [0.29, 0.717) is 5.02 Å². The molecule has 0 unspecified atom stereocenters. The van der Waals surface area contributed by atoms with Crippen molar-refractivity contribution in [3.63, 3.8) is 0 Å². The first-order chi connectivity index (χ1) is 15.4. The van der Waals surface area contributed by atoms with Crippen LogP contribution in [0.3, 0.4) is 0 Å². The number of halogens is 3. The summed E-state index contributed by atoms with van der Waals surface area (Å²) in [7, 11) is -7.84. The molecule has 4 rings (SSSR count). The van der Waals surface area contributed by atoms with Gasteiger partial charge in [0.2, 0.25) is 10.0 Å². The van der Waals surface area contributed by atoms with E-state index in [0.717, 1.165) is 22.5 Å². The van der Waals surface area contributed by atoms with Crippen LogP contribution < -0.4 is 0 Å². The van der Waals surface area contributed by atoms with Gasteiger partial charge in [0.25, 0.3) is 0 Å². The Morgan fingerprint density at radius 2 is 1.58 bits per heavy atom. The van der Waals surface area contributed by atoms with Gasteiger partial charge in [-0.1, -0.05) is 11.6 Å². The van der Waals surface area contributed by atoms with Gasteiger partial charge in [-0.3, -0.25) is 4.79 Å². The molecular formula is C22H22ClF2NO5S2. The maximum absolute atomic E-state index is 14.9. The SMILES string of the molecule is O=C1CN(S(=O)(=O)CC2CCC(c3cc(F)ccc3F)(S(=O)(=O)c3ccc(Cl)cc3)CC2)C1. The van der Waals surface area contributed by atoms with Crippen molar-refractivity contribution in [1.82, 2.24) is 4.31 Å². The highest BCUT2D eigenvalue weighted by atomic mass is 35.5. The lowest BCUT2D eigenvalue weighted by molar-refractivity contribution is -0.125. The topological polar surface area (TPSA) is 88.6 Å². The molecule has 2 aromatic carbocycles. The van der Waals surface area contributed by atoms with E-state index in [-0.39, 0.29) is 66.7 Å². The number of rotatable bonds is 6. The third kappa shape index (κ3) is 4.45. The molecule has 1 saturated heterocycles. The zero-order chi connectivity index (χ0) is 24.0. The van der Waals surface area contributed by atoms with Crippen LogP contribution in [0.1, 0.15) is 31.2 Å². The van der Waals surface area contributed by atoms with Crippen molar-refractivity contribution >= 4 is 37.2 Å². The number of carbonyl (C=O) groups is 1. The molecule has 2 aromatic rings. The van der Waals surface area contributed by atoms with E-state index >= 15 is 0 Å². The minimum Gasteiger partial charge on any atom is -0.297 e. The van der Waals surface area contributed by atoms with Gasteiger partial charge in [0.15, 0.2) is 15.6 Å². The van der Waals surface area contributed by atoms with Gasteiger partial charge in [-0.25, -0.2) is 25.6 Å². The smallest absolute Gasteiger partial charge is 0.215 e. The summed E-state index contributed by atoms with van der Waals surface area (Å²) in [5.41, 5.74) is -0.257. The van der Waals surface area contributed by atoms with Crippen molar-refractivity contribution in [3.05, 3.63) is 64.7 Å². The molecule has 0 atom stereocenters. The van der Waals surface area contributed by atoms with E-state index in [1.54, 1.807) is 0 Å². The third-order valence-corrected chi connectivity index (χ3v) is 11.3. The van der Waals surface area contributed by atoms with Gasteiger partial charge in [-0.15, -0.1) is 0 Å². The Bertz CT molecular complexity index is 1280. The molecule has 0 N–H and O–H groups in total. The monoisotopic (exact) mass is 517 g/mol. The van der Waals surface area contributed by atoms with Gasteiger partial charge < -0.3 is 0 Å². The Morgan fingerprint density at radius 3 is 2.15 bits per heavy atom. The molecule has 2 aliphatic rings. The van der Waals surface area contributed by atoms with Crippen LogP contribution in [0.4, 0.5) is 8.78 Å². The molecule has 33 heavy (non-hydrogen) atoms. The van der Waals surface area contributed by atoms with Crippen molar-refractivity contribution in [2.75, 3.05) is 18.8 Å². The van der Waals surface area contributed by atoms with Crippen LogP contribution in [0.25, 0.3) is 0 Å². The average molecular weight is 518 g/mol. The van der Waals surface area contributed by atoms with E-state index in [9.17, 15) is 30.4 Å². The molecule has 1 aliphatic heterocycles. The molecule has 1 saturated carbocycles. The molecule has 0 bridgehead atoms. The first-order valence-electron chi connectivity index (χ1n) is 10.4. The van der Waals surface area contributed by atoms with E-state index in [4.69, 9.17) is 11.6 Å². The van der Waals surface area contributed by atoms with Crippen molar-refractivity contribution in [1.29, 1.82) is 0 Å². The van der Waals surface area contributed by atoms with Gasteiger partial charge in [0.1, 0.15) is 16.4 Å². The van der Waals surface area contributed by atoms with Gasteiger partial charge in [0, 0.05) is 10.6 Å². The van der Waals surface area contributed by atoms with Crippen molar-refractivity contribution in [2.45, 2.75) is 35.3 Å². The number of Topliss-reactive ketones (excluding diaryl/α,β-unsaturated/α-hetero) is 1. The van der Waals surface area contributed by atoms with E-state index < -0.39 is 36.2 Å². The van der Waals surface area contributed by atoms with E-state index in [1.807, 2.05) is 0 Å². The quantitative estimate of drug-likeness (QED) is 0.583. The van der Waals surface area contributed by atoms with Crippen molar-refractivity contribution < 1.29 is 30.4 Å². The second-order valence-corrected chi connectivity index (χ2v) is 13.3. The van der Waals surface area contributed by atoms with Crippen molar-refractivity contribution in [3.8, 4) is 0 Å². The molecule has 0 radical (unpaired) electrons. The summed E-state index contributed by atoms with van der Waals surface area (Å²) in [5.74, 6) is -2.33. The number of hydrogen-bond acceptors (Lipinski definition) is 5. The number of carbonyl (C=O) groups excluding carboxylic acids is 1. The Morgan fingerprint density at radius 1 is 0.970 bits per heavy atom. The predicted molar refractivity (Wildman–Crippen MR) is 119 cm³/mol. The maximum Gasteiger partial charge on any atom is 0.215 e. The summed E-state index contributed by atoms with van der Waals surface area (Å²) in [5, 5.41) is 0.332. The standard InChI is InChI=1S/C22H22ClF2NO5S2/c23-16-1-4-19(5-2-16)33(30,31)22(20-11-17(24)3-6-21(20)25)9-7-15(8-10-22)14-32(28,29)26-12-18(27)13-26/h1-6,11,15H,7-10,12-14H2. The summed E-state index contributed by atoms with van der Waals surface area (Å²) in [6.07, 6.45) is 0.225. The van der Waals surface area contributed by atoms with Crippen molar-refractivity contribution in [2.24, 2.45) is 5.92 Å². The second-order valence-electron chi connectivity index (χ2n) is 8.60. The molecule has 0 aromatic heterocycles. The van der Waals surface area contributed by atoms with Crippen LogP contribution in [0, 0.1) is 17.6 Å². The Hall–Kier alpha value is -1.88. The van der Waals surface area contributed by atoms with Crippen LogP contribution in [-0.2, 0) is 29.4 Å². The number of hydrogen-bond donors (Lipinski definition) is 0. The molecule has 1 heterocycles. The van der Waals surface area contributed by atoms with Gasteiger partial charge >= 0.3 is 0 Å².